The van der Waals surface area contributed by atoms with Gasteiger partial charge in [0.15, 0.2) is 0 Å². The van der Waals surface area contributed by atoms with Gasteiger partial charge in [0.2, 0.25) is 0 Å². The van der Waals surface area contributed by atoms with Crippen LogP contribution in [0.15, 0.2) is 0 Å². The van der Waals surface area contributed by atoms with Gasteiger partial charge in [-0.2, -0.15) is 0 Å². The van der Waals surface area contributed by atoms with Crippen molar-refractivity contribution in [2.75, 3.05) is 0 Å². The van der Waals surface area contributed by atoms with E-state index < -0.39 is 5.87 Å². The Balaban J connectivity index is 2.85. The van der Waals surface area contributed by atoms with Crippen molar-refractivity contribution >= 4 is 29.2 Å². The number of carboxylic acid groups (broad SMARTS) is 1. The van der Waals surface area contributed by atoms with Gasteiger partial charge in [-0.05, 0) is 0 Å². The van der Waals surface area contributed by atoms with Crippen LogP contribution >= 0.6 is 0 Å². The van der Waals surface area contributed by atoms with Gasteiger partial charge in [0.1, 0.15) is 0 Å². The average Bonchev–Trinajstić information content (AvgIpc) is 1.38. The van der Waals surface area contributed by atoms with Crippen LogP contribution in [0.3, 0.4) is 0 Å². The molecule has 0 aromatic carbocycles. The van der Waals surface area contributed by atoms with Crippen molar-refractivity contribution in [3.63, 3.8) is 0 Å². The molecule has 0 radical (unpaired) electrons. The third-order valence-corrected chi connectivity index (χ3v) is 0.302. The first-order valence-electron chi connectivity index (χ1n) is 1.49. The summed E-state index contributed by atoms with van der Waals surface area (Å²) in [4.78, 5) is 9.37. The second-order valence-corrected chi connectivity index (χ2v) is 0.747. The van der Waals surface area contributed by atoms with E-state index in [2.05, 4.69) is 0 Å². The molecule has 0 aliphatic carbocycles. The zero-order valence-electron chi connectivity index (χ0n) is 3.06. The Morgan fingerprint density at radius 1 is 2.00 bits per heavy atom. The number of carbonyl (C=O) groups is 1. The zero-order chi connectivity index (χ0) is 4.28. The first kappa shape index (κ1) is 5.13. The number of rotatable bonds is 1. The summed E-state index contributed by atoms with van der Waals surface area (Å²) in [5.74, 6) is -0.523. The molecule has 0 aromatic rings. The summed E-state index contributed by atoms with van der Waals surface area (Å²) in [6.07, 6.45) is 0. The van der Waals surface area contributed by atoms with E-state index in [0.29, 0.717) is 0 Å². The fraction of sp³-hybridized carbons (Fsp3) is 0. The molecule has 0 saturated carbocycles. The fourth-order valence-electron chi connectivity index (χ4n) is 0. The van der Waals surface area contributed by atoms with Gasteiger partial charge < -0.3 is 0 Å². The molecule has 0 atom stereocenters. The van der Waals surface area contributed by atoms with Gasteiger partial charge in [-0.3, -0.25) is 0 Å². The van der Waals surface area contributed by atoms with Crippen LogP contribution in [0.5, 0.6) is 0 Å². The minimum absolute atomic E-state index is 0.222. The molecule has 0 saturated heterocycles. The summed E-state index contributed by atoms with van der Waals surface area (Å²) >= 11 is 1.60. The Hall–Kier alpha value is 0.132. The van der Waals surface area contributed by atoms with Gasteiger partial charge >= 0.3 is 39.1 Å². The molecule has 0 amide bonds. The molecule has 0 heterocycles. The molecule has 0 bridgehead atoms. The van der Waals surface area contributed by atoms with Crippen LogP contribution in [0.1, 0.15) is 0 Å². The molecule has 0 spiro atoms. The SMILES string of the molecule is [Li][BH]C(=O)O. The van der Waals surface area contributed by atoms with Crippen LogP contribution in [-0.4, -0.2) is 34.4 Å². The first-order valence-corrected chi connectivity index (χ1v) is 1.49. The fourth-order valence-corrected chi connectivity index (χ4v) is 0. The summed E-state index contributed by atoms with van der Waals surface area (Å²) in [6, 6.07) is 0. The van der Waals surface area contributed by atoms with Crippen molar-refractivity contribution in [1.82, 2.24) is 0 Å². The van der Waals surface area contributed by atoms with E-state index in [1.165, 1.54) is 0 Å². The quantitative estimate of drug-likeness (QED) is 0.404. The van der Waals surface area contributed by atoms with Gasteiger partial charge in [0, 0.05) is 0 Å². The summed E-state index contributed by atoms with van der Waals surface area (Å²) in [7, 11) is 0. The van der Waals surface area contributed by atoms with Gasteiger partial charge in [-0.15, -0.1) is 0 Å². The van der Waals surface area contributed by atoms with Crippen molar-refractivity contribution in [3.8, 4) is 0 Å². The van der Waals surface area contributed by atoms with E-state index in [0.717, 1.165) is 0 Å². The van der Waals surface area contributed by atoms with Crippen molar-refractivity contribution in [2.45, 2.75) is 0 Å². The molecule has 22 valence electrons. The minimum atomic E-state index is -0.745. The first-order chi connectivity index (χ1) is 2.27. The molecule has 0 aromatic heterocycles. The van der Waals surface area contributed by atoms with Crippen molar-refractivity contribution in [3.05, 3.63) is 0 Å². The van der Waals surface area contributed by atoms with Crippen LogP contribution < -0.4 is 0 Å². The van der Waals surface area contributed by atoms with Crippen LogP contribution in [0.25, 0.3) is 0 Å². The summed E-state index contributed by atoms with van der Waals surface area (Å²) < 4.78 is 0. The summed E-state index contributed by atoms with van der Waals surface area (Å²) in [5.41, 5.74) is 0. The van der Waals surface area contributed by atoms with Crippen LogP contribution in [0.4, 0.5) is 4.79 Å². The maximum absolute atomic E-state index is 9.37. The monoisotopic (exact) mass is 64.0 g/mol. The molecular weight excluding hydrogens is 61.8 g/mol. The Morgan fingerprint density at radius 2 is 2.20 bits per heavy atom. The zero-order valence-corrected chi connectivity index (χ0v) is 3.06. The molecule has 2 nitrogen and oxygen atoms in total. The predicted octanol–water partition coefficient (Wildman–Crippen LogP) is -0.816. The van der Waals surface area contributed by atoms with Crippen molar-refractivity contribution in [2.24, 2.45) is 0 Å². The third-order valence-electron chi connectivity index (χ3n) is 0.302. The second-order valence-electron chi connectivity index (χ2n) is 0.747. The number of hydrogen-bond donors (Lipinski definition) is 1. The Morgan fingerprint density at radius 3 is 2.20 bits per heavy atom. The Bertz CT molecular complexity index is 44.9. The summed E-state index contributed by atoms with van der Waals surface area (Å²) in [6.45, 7) is 0. The van der Waals surface area contributed by atoms with Crippen LogP contribution in [0, 0.1) is 0 Å². The molecule has 1 N–H and O–H groups in total. The standard InChI is InChI=1S/CHBO2.Li/c2-1(3)4;/h2H;/q;-1/p+1. The van der Waals surface area contributed by atoms with Gasteiger partial charge in [-0.1, -0.05) is 0 Å². The van der Waals surface area contributed by atoms with E-state index in [4.69, 9.17) is 5.11 Å². The third kappa shape index (κ3) is 4.13. The summed E-state index contributed by atoms with van der Waals surface area (Å²) in [5, 5.41) is 7.72. The van der Waals surface area contributed by atoms with Crippen molar-refractivity contribution in [1.29, 1.82) is 0 Å². The number of hydrogen-bond acceptors (Lipinski definition) is 1. The molecule has 0 aliphatic heterocycles. The van der Waals surface area contributed by atoms with Gasteiger partial charge in [0.25, 0.3) is 0 Å². The topological polar surface area (TPSA) is 37.3 Å². The second kappa shape index (κ2) is 2.37. The van der Waals surface area contributed by atoms with E-state index in [9.17, 15) is 4.79 Å². The van der Waals surface area contributed by atoms with Crippen LogP contribution in [-0.2, 0) is 0 Å². The predicted molar refractivity (Wildman–Crippen MR) is 20.9 cm³/mol. The molecule has 5 heavy (non-hydrogen) atoms. The van der Waals surface area contributed by atoms with Gasteiger partial charge in [-0.25, -0.2) is 0 Å². The molecule has 0 aliphatic rings. The normalized spacial score (nSPS) is 6.80. The van der Waals surface area contributed by atoms with E-state index in [-0.39, 0.29) is 5.85 Å². The van der Waals surface area contributed by atoms with Crippen LogP contribution in [0.2, 0.25) is 0 Å². The van der Waals surface area contributed by atoms with E-state index in [1.54, 1.807) is 17.5 Å². The van der Waals surface area contributed by atoms with Gasteiger partial charge in [0.05, 0.1) is 0 Å². The van der Waals surface area contributed by atoms with E-state index >= 15 is 0 Å². The molecule has 0 rings (SSSR count). The average molecular weight is 63.8 g/mol. The Kier molecular flexibility index (Phi) is 2.44. The Labute approximate surface area is 39.8 Å². The van der Waals surface area contributed by atoms with Crippen molar-refractivity contribution < 1.29 is 9.90 Å². The molecule has 4 heteroatoms. The molecule has 0 unspecified atom stereocenters. The van der Waals surface area contributed by atoms with E-state index in [1.807, 2.05) is 0 Å². The molecule has 0 fully saturated rings. The molecular formula is CH2BLiO2. The maximum atomic E-state index is 9.37.